The van der Waals surface area contributed by atoms with Crippen LogP contribution < -0.4 is 4.74 Å². The smallest absolute Gasteiger partial charge is 0.223 e. The Balaban J connectivity index is 1.49. The average Bonchev–Trinajstić information content (AvgIpc) is 3.16. The molecule has 28 heavy (non-hydrogen) atoms. The summed E-state index contributed by atoms with van der Waals surface area (Å²) in [6, 6.07) is 16.1. The minimum absolute atomic E-state index is 0.0983. The molecular weight excluding hydrogens is 350 g/mol. The van der Waals surface area contributed by atoms with Gasteiger partial charge in [0, 0.05) is 18.9 Å². The van der Waals surface area contributed by atoms with E-state index in [0.29, 0.717) is 6.42 Å². The van der Waals surface area contributed by atoms with Crippen LogP contribution in [0.4, 0.5) is 0 Å². The van der Waals surface area contributed by atoms with Crippen molar-refractivity contribution in [3.8, 4) is 5.75 Å². The highest BCUT2D eigenvalue weighted by Crippen LogP contribution is 2.37. The molecule has 0 saturated heterocycles. The molecule has 1 aliphatic rings. The number of ether oxygens (including phenoxy) is 1. The second-order valence-electron chi connectivity index (χ2n) is 7.73. The first-order chi connectivity index (χ1) is 13.6. The molecule has 1 aliphatic carbocycles. The van der Waals surface area contributed by atoms with Gasteiger partial charge in [0.05, 0.1) is 13.2 Å². The molecule has 0 fully saturated rings. The first-order valence-corrected chi connectivity index (χ1v) is 9.97. The standard InChI is InChI=1S/C24H27NO3/c1-16(23-14-19-7-4-5-10-22(19)28-23)25(2)24(26)15-18-9-6-8-17-13-20(27-3)11-12-21(17)18/h4-5,7,10-14,16,18H,6,8-9,15H2,1-3H3. The molecule has 2 atom stereocenters. The second kappa shape index (κ2) is 7.70. The van der Waals surface area contributed by atoms with Crippen molar-refractivity contribution in [2.24, 2.45) is 0 Å². The summed E-state index contributed by atoms with van der Waals surface area (Å²) in [7, 11) is 3.57. The molecule has 0 saturated carbocycles. The van der Waals surface area contributed by atoms with Crippen LogP contribution in [0.3, 0.4) is 0 Å². The van der Waals surface area contributed by atoms with E-state index >= 15 is 0 Å². The first-order valence-electron chi connectivity index (χ1n) is 9.97. The average molecular weight is 377 g/mol. The number of hydrogen-bond donors (Lipinski definition) is 0. The Hall–Kier alpha value is -2.75. The van der Waals surface area contributed by atoms with Gasteiger partial charge in [0.25, 0.3) is 0 Å². The van der Waals surface area contributed by atoms with Crippen molar-refractivity contribution in [1.82, 2.24) is 4.90 Å². The zero-order valence-electron chi connectivity index (χ0n) is 16.8. The van der Waals surface area contributed by atoms with Crippen LogP contribution in [0.15, 0.2) is 52.9 Å². The van der Waals surface area contributed by atoms with Crippen LogP contribution in [-0.4, -0.2) is 25.0 Å². The van der Waals surface area contributed by atoms with Crippen molar-refractivity contribution in [3.63, 3.8) is 0 Å². The highest BCUT2D eigenvalue weighted by molar-refractivity contribution is 5.79. The molecule has 2 unspecified atom stereocenters. The molecule has 4 nitrogen and oxygen atoms in total. The number of aryl methyl sites for hydroxylation is 1. The number of para-hydroxylation sites is 1. The van der Waals surface area contributed by atoms with E-state index in [9.17, 15) is 4.79 Å². The van der Waals surface area contributed by atoms with Crippen molar-refractivity contribution < 1.29 is 13.9 Å². The zero-order valence-corrected chi connectivity index (χ0v) is 16.8. The highest BCUT2D eigenvalue weighted by Gasteiger charge is 2.27. The molecule has 4 rings (SSSR count). The third kappa shape index (κ3) is 3.51. The van der Waals surface area contributed by atoms with Gasteiger partial charge in [-0.05, 0) is 67.5 Å². The summed E-state index contributed by atoms with van der Waals surface area (Å²) in [5.41, 5.74) is 3.47. The molecule has 0 N–H and O–H groups in total. The zero-order chi connectivity index (χ0) is 19.7. The van der Waals surface area contributed by atoms with E-state index in [1.165, 1.54) is 11.1 Å². The lowest BCUT2D eigenvalue weighted by atomic mass is 9.80. The monoisotopic (exact) mass is 377 g/mol. The molecule has 0 radical (unpaired) electrons. The third-order valence-electron chi connectivity index (χ3n) is 6.04. The lowest BCUT2D eigenvalue weighted by Crippen LogP contribution is -2.31. The Morgan fingerprint density at radius 2 is 2.07 bits per heavy atom. The molecule has 1 heterocycles. The number of rotatable bonds is 5. The minimum atomic E-state index is -0.0983. The van der Waals surface area contributed by atoms with Crippen molar-refractivity contribution in [1.29, 1.82) is 0 Å². The molecule has 3 aromatic rings. The van der Waals surface area contributed by atoms with Crippen LogP contribution in [0.25, 0.3) is 11.0 Å². The molecule has 0 bridgehead atoms. The summed E-state index contributed by atoms with van der Waals surface area (Å²) < 4.78 is 11.3. The van der Waals surface area contributed by atoms with Crippen LogP contribution in [0.1, 0.15) is 55.0 Å². The lowest BCUT2D eigenvalue weighted by Gasteiger charge is -2.29. The third-order valence-corrected chi connectivity index (χ3v) is 6.04. The Labute approximate surface area is 166 Å². The quantitative estimate of drug-likeness (QED) is 0.592. The molecule has 0 aliphatic heterocycles. The van der Waals surface area contributed by atoms with Crippen molar-refractivity contribution in [3.05, 3.63) is 65.4 Å². The van der Waals surface area contributed by atoms with Gasteiger partial charge >= 0.3 is 0 Å². The van der Waals surface area contributed by atoms with E-state index in [4.69, 9.17) is 9.15 Å². The molecule has 2 aromatic carbocycles. The van der Waals surface area contributed by atoms with Crippen molar-refractivity contribution in [2.75, 3.05) is 14.2 Å². The fourth-order valence-corrected chi connectivity index (χ4v) is 4.20. The fraction of sp³-hybridized carbons (Fsp3) is 0.375. The van der Waals surface area contributed by atoms with Gasteiger partial charge in [-0.2, -0.15) is 0 Å². The second-order valence-corrected chi connectivity index (χ2v) is 7.73. The summed E-state index contributed by atoms with van der Waals surface area (Å²) in [6.07, 6.45) is 3.75. The summed E-state index contributed by atoms with van der Waals surface area (Å²) >= 11 is 0. The maximum atomic E-state index is 13.0. The SMILES string of the molecule is COc1ccc2c(c1)CCCC2CC(=O)N(C)C(C)c1cc2ccccc2o1. The Kier molecular flexibility index (Phi) is 5.12. The van der Waals surface area contributed by atoms with Gasteiger partial charge in [0.15, 0.2) is 0 Å². The van der Waals surface area contributed by atoms with Crippen LogP contribution in [-0.2, 0) is 11.2 Å². The fourth-order valence-electron chi connectivity index (χ4n) is 4.20. The van der Waals surface area contributed by atoms with Gasteiger partial charge in [-0.1, -0.05) is 24.3 Å². The number of carbonyl (C=O) groups excluding carboxylic acids is 1. The van der Waals surface area contributed by atoms with E-state index in [0.717, 1.165) is 41.7 Å². The van der Waals surface area contributed by atoms with E-state index in [1.54, 1.807) is 7.11 Å². The number of benzene rings is 2. The molecule has 1 aromatic heterocycles. The normalized spacial score (nSPS) is 17.2. The van der Waals surface area contributed by atoms with Crippen LogP contribution in [0.5, 0.6) is 5.75 Å². The molecule has 4 heteroatoms. The van der Waals surface area contributed by atoms with Gasteiger partial charge in [-0.25, -0.2) is 0 Å². The molecule has 0 spiro atoms. The number of furan rings is 1. The molecular formula is C24H27NO3. The Morgan fingerprint density at radius 3 is 2.86 bits per heavy atom. The van der Waals surface area contributed by atoms with Crippen LogP contribution in [0.2, 0.25) is 0 Å². The molecule has 1 amide bonds. The van der Waals surface area contributed by atoms with E-state index in [2.05, 4.69) is 12.1 Å². The Morgan fingerprint density at radius 1 is 1.25 bits per heavy atom. The number of methoxy groups -OCH3 is 1. The van der Waals surface area contributed by atoms with Gasteiger partial charge in [-0.3, -0.25) is 4.79 Å². The maximum Gasteiger partial charge on any atom is 0.223 e. The van der Waals surface area contributed by atoms with E-state index in [1.807, 2.05) is 55.3 Å². The van der Waals surface area contributed by atoms with E-state index in [-0.39, 0.29) is 17.9 Å². The van der Waals surface area contributed by atoms with Gasteiger partial charge < -0.3 is 14.1 Å². The van der Waals surface area contributed by atoms with Gasteiger partial charge in [-0.15, -0.1) is 0 Å². The minimum Gasteiger partial charge on any atom is -0.497 e. The Bertz CT molecular complexity index is 957. The topological polar surface area (TPSA) is 42.7 Å². The van der Waals surface area contributed by atoms with Gasteiger partial charge in [0.1, 0.15) is 17.1 Å². The van der Waals surface area contributed by atoms with Crippen LogP contribution in [0, 0.1) is 0 Å². The molecule has 146 valence electrons. The largest absolute Gasteiger partial charge is 0.497 e. The summed E-state index contributed by atoms with van der Waals surface area (Å²) in [4.78, 5) is 14.8. The lowest BCUT2D eigenvalue weighted by molar-refractivity contribution is -0.132. The predicted octanol–water partition coefficient (Wildman–Crippen LogP) is 5.47. The van der Waals surface area contributed by atoms with Crippen molar-refractivity contribution >= 4 is 16.9 Å². The number of fused-ring (bicyclic) bond motifs is 2. The summed E-state index contributed by atoms with van der Waals surface area (Å²) in [6.45, 7) is 2.02. The highest BCUT2D eigenvalue weighted by atomic mass is 16.5. The maximum absolute atomic E-state index is 13.0. The van der Waals surface area contributed by atoms with E-state index < -0.39 is 0 Å². The first kappa shape index (κ1) is 18.6. The van der Waals surface area contributed by atoms with Crippen molar-refractivity contribution in [2.45, 2.75) is 44.6 Å². The summed E-state index contributed by atoms with van der Waals surface area (Å²) in [5, 5.41) is 1.07. The van der Waals surface area contributed by atoms with Gasteiger partial charge in [0.2, 0.25) is 5.91 Å². The van der Waals surface area contributed by atoms with Crippen LogP contribution >= 0.6 is 0 Å². The number of nitrogens with zero attached hydrogens (tertiary/aromatic N) is 1. The predicted molar refractivity (Wildman–Crippen MR) is 111 cm³/mol. The number of amides is 1. The number of hydrogen-bond acceptors (Lipinski definition) is 3. The summed E-state index contributed by atoms with van der Waals surface area (Å²) in [5.74, 6) is 2.14. The number of carbonyl (C=O) groups is 1.